The molecule has 2 heteroatoms. The molecular weight excluding hydrogens is 186 g/mol. The Morgan fingerprint density at radius 3 is 2.80 bits per heavy atom. The van der Waals surface area contributed by atoms with Gasteiger partial charge in [-0.3, -0.25) is 4.90 Å². The first-order valence-electron chi connectivity index (χ1n) is 6.42. The molecule has 1 aliphatic carbocycles. The van der Waals surface area contributed by atoms with Crippen LogP contribution in [-0.4, -0.2) is 34.2 Å². The van der Waals surface area contributed by atoms with E-state index in [4.69, 9.17) is 0 Å². The predicted molar refractivity (Wildman–Crippen MR) is 60.7 cm³/mol. The number of rotatable bonds is 2. The highest BCUT2D eigenvalue weighted by Crippen LogP contribution is 2.37. The van der Waals surface area contributed by atoms with Crippen molar-refractivity contribution in [3.63, 3.8) is 0 Å². The molecule has 2 nitrogen and oxygen atoms in total. The van der Waals surface area contributed by atoms with Crippen molar-refractivity contribution in [3.8, 4) is 0 Å². The fourth-order valence-corrected chi connectivity index (χ4v) is 3.60. The SMILES string of the molecule is OC1(CN2C3C=CCC2CC3)CCCC1. The van der Waals surface area contributed by atoms with Crippen molar-refractivity contribution < 1.29 is 5.11 Å². The molecule has 1 saturated heterocycles. The number of nitrogens with zero attached hydrogens (tertiary/aromatic N) is 1. The minimum Gasteiger partial charge on any atom is -0.389 e. The maximum Gasteiger partial charge on any atom is 0.0774 e. The van der Waals surface area contributed by atoms with E-state index in [0.717, 1.165) is 25.4 Å². The molecule has 0 radical (unpaired) electrons. The van der Waals surface area contributed by atoms with Gasteiger partial charge in [-0.05, 0) is 32.1 Å². The Balaban J connectivity index is 1.70. The van der Waals surface area contributed by atoms with E-state index >= 15 is 0 Å². The minimum atomic E-state index is -0.355. The van der Waals surface area contributed by atoms with Gasteiger partial charge in [0.05, 0.1) is 5.60 Å². The van der Waals surface area contributed by atoms with Gasteiger partial charge in [-0.25, -0.2) is 0 Å². The van der Waals surface area contributed by atoms with Crippen LogP contribution in [0.2, 0.25) is 0 Å². The molecule has 3 rings (SSSR count). The first-order chi connectivity index (χ1) is 7.27. The van der Waals surface area contributed by atoms with Gasteiger partial charge in [0, 0.05) is 18.6 Å². The summed E-state index contributed by atoms with van der Waals surface area (Å²) >= 11 is 0. The third kappa shape index (κ3) is 1.74. The molecule has 3 aliphatic rings. The van der Waals surface area contributed by atoms with Gasteiger partial charge in [0.25, 0.3) is 0 Å². The van der Waals surface area contributed by atoms with Crippen LogP contribution in [-0.2, 0) is 0 Å². The van der Waals surface area contributed by atoms with E-state index in [1.807, 2.05) is 0 Å². The summed E-state index contributed by atoms with van der Waals surface area (Å²) < 4.78 is 0. The molecule has 2 fully saturated rings. The third-order valence-electron chi connectivity index (χ3n) is 4.47. The Morgan fingerprint density at radius 1 is 1.27 bits per heavy atom. The van der Waals surface area contributed by atoms with E-state index in [1.165, 1.54) is 32.1 Å². The van der Waals surface area contributed by atoms with Gasteiger partial charge < -0.3 is 5.11 Å². The summed E-state index contributed by atoms with van der Waals surface area (Å²) in [5, 5.41) is 10.4. The zero-order valence-corrected chi connectivity index (χ0v) is 9.36. The van der Waals surface area contributed by atoms with Gasteiger partial charge in [0.2, 0.25) is 0 Å². The summed E-state index contributed by atoms with van der Waals surface area (Å²) in [5.41, 5.74) is -0.355. The topological polar surface area (TPSA) is 23.5 Å². The minimum absolute atomic E-state index is 0.355. The van der Waals surface area contributed by atoms with Crippen LogP contribution in [0.15, 0.2) is 12.2 Å². The Kier molecular flexibility index (Phi) is 2.37. The van der Waals surface area contributed by atoms with E-state index < -0.39 is 0 Å². The molecule has 0 amide bonds. The molecule has 84 valence electrons. The predicted octanol–water partition coefficient (Wildman–Crippen LogP) is 2.08. The van der Waals surface area contributed by atoms with E-state index in [9.17, 15) is 5.11 Å². The average Bonchev–Trinajstić information content (AvgIpc) is 2.71. The molecule has 2 aliphatic heterocycles. The molecule has 1 N–H and O–H groups in total. The van der Waals surface area contributed by atoms with Gasteiger partial charge >= 0.3 is 0 Å². The number of fused-ring (bicyclic) bond motifs is 2. The highest BCUT2D eigenvalue weighted by Gasteiger charge is 2.40. The van der Waals surface area contributed by atoms with Crippen LogP contribution in [0.3, 0.4) is 0 Å². The summed E-state index contributed by atoms with van der Waals surface area (Å²) in [7, 11) is 0. The van der Waals surface area contributed by atoms with E-state index in [0.29, 0.717) is 6.04 Å². The molecular formula is C13H21NO. The van der Waals surface area contributed by atoms with Crippen LogP contribution < -0.4 is 0 Å². The lowest BCUT2D eigenvalue weighted by Gasteiger charge is -2.37. The highest BCUT2D eigenvalue weighted by molar-refractivity contribution is 5.09. The first kappa shape index (κ1) is 9.86. The molecule has 15 heavy (non-hydrogen) atoms. The van der Waals surface area contributed by atoms with Crippen molar-refractivity contribution in [1.82, 2.24) is 4.90 Å². The van der Waals surface area contributed by atoms with Crippen LogP contribution in [0.5, 0.6) is 0 Å². The molecule has 2 heterocycles. The summed E-state index contributed by atoms with van der Waals surface area (Å²) in [5.74, 6) is 0. The largest absolute Gasteiger partial charge is 0.389 e. The monoisotopic (exact) mass is 207 g/mol. The Labute approximate surface area is 92.0 Å². The van der Waals surface area contributed by atoms with Gasteiger partial charge in [0.1, 0.15) is 0 Å². The maximum absolute atomic E-state index is 10.4. The van der Waals surface area contributed by atoms with Crippen LogP contribution in [0.1, 0.15) is 44.9 Å². The molecule has 1 saturated carbocycles. The lowest BCUT2D eigenvalue weighted by atomic mass is 9.99. The van der Waals surface area contributed by atoms with Crippen molar-refractivity contribution >= 4 is 0 Å². The second kappa shape index (κ2) is 3.60. The van der Waals surface area contributed by atoms with Crippen molar-refractivity contribution in [3.05, 3.63) is 12.2 Å². The third-order valence-corrected chi connectivity index (χ3v) is 4.47. The summed E-state index contributed by atoms with van der Waals surface area (Å²) in [4.78, 5) is 2.56. The fraction of sp³-hybridized carbons (Fsp3) is 0.846. The molecule has 2 bridgehead atoms. The molecule has 2 unspecified atom stereocenters. The van der Waals surface area contributed by atoms with Crippen LogP contribution in [0.4, 0.5) is 0 Å². The van der Waals surface area contributed by atoms with Crippen LogP contribution in [0.25, 0.3) is 0 Å². The van der Waals surface area contributed by atoms with Crippen molar-refractivity contribution in [2.75, 3.05) is 6.54 Å². The molecule has 0 aromatic rings. The lowest BCUT2D eigenvalue weighted by molar-refractivity contribution is -0.00232. The first-order valence-corrected chi connectivity index (χ1v) is 6.42. The molecule has 0 aromatic carbocycles. The zero-order chi connectivity index (χ0) is 10.3. The van der Waals surface area contributed by atoms with Crippen LogP contribution in [0, 0.1) is 0 Å². The fourth-order valence-electron chi connectivity index (χ4n) is 3.60. The molecule has 0 aromatic heterocycles. The Morgan fingerprint density at radius 2 is 2.07 bits per heavy atom. The second-order valence-corrected chi connectivity index (χ2v) is 5.57. The molecule has 2 atom stereocenters. The summed E-state index contributed by atoms with van der Waals surface area (Å²) in [6, 6.07) is 1.36. The van der Waals surface area contributed by atoms with Crippen molar-refractivity contribution in [1.29, 1.82) is 0 Å². The molecule has 0 spiro atoms. The van der Waals surface area contributed by atoms with Gasteiger partial charge in [-0.1, -0.05) is 25.0 Å². The number of aliphatic hydroxyl groups is 1. The highest BCUT2D eigenvalue weighted by atomic mass is 16.3. The van der Waals surface area contributed by atoms with Crippen molar-refractivity contribution in [2.24, 2.45) is 0 Å². The quantitative estimate of drug-likeness (QED) is 0.701. The smallest absolute Gasteiger partial charge is 0.0774 e. The van der Waals surface area contributed by atoms with Gasteiger partial charge in [0.15, 0.2) is 0 Å². The Bertz CT molecular complexity index is 268. The van der Waals surface area contributed by atoms with Gasteiger partial charge in [-0.15, -0.1) is 0 Å². The number of hydrogen-bond donors (Lipinski definition) is 1. The average molecular weight is 207 g/mol. The van der Waals surface area contributed by atoms with E-state index in [-0.39, 0.29) is 5.60 Å². The van der Waals surface area contributed by atoms with Crippen molar-refractivity contribution in [2.45, 2.75) is 62.6 Å². The summed E-state index contributed by atoms with van der Waals surface area (Å²) in [6.45, 7) is 0.923. The second-order valence-electron chi connectivity index (χ2n) is 5.57. The standard InChI is InChI=1S/C13H21NO/c15-13(8-1-2-9-13)10-14-11-4-3-5-12(14)7-6-11/h3-4,11-12,15H,1-2,5-10H2. The van der Waals surface area contributed by atoms with Crippen LogP contribution >= 0.6 is 0 Å². The van der Waals surface area contributed by atoms with E-state index in [2.05, 4.69) is 17.1 Å². The zero-order valence-electron chi connectivity index (χ0n) is 9.36. The Hall–Kier alpha value is -0.340. The lowest BCUT2D eigenvalue weighted by Crippen LogP contribution is -2.47. The normalized spacial score (nSPS) is 38.7. The van der Waals surface area contributed by atoms with E-state index in [1.54, 1.807) is 0 Å². The maximum atomic E-state index is 10.4. The number of hydrogen-bond acceptors (Lipinski definition) is 2. The van der Waals surface area contributed by atoms with Gasteiger partial charge in [-0.2, -0.15) is 0 Å². The summed E-state index contributed by atoms with van der Waals surface area (Å²) in [6.07, 6.45) is 13.0.